The maximum absolute atomic E-state index is 14.5. The molecule has 2 aliphatic heterocycles. The molecule has 0 unspecified atom stereocenters. The largest absolute Gasteiger partial charge is 0.368 e. The quantitative estimate of drug-likeness (QED) is 0.861. The molecule has 7 nitrogen and oxygen atoms in total. The van der Waals surface area contributed by atoms with E-state index in [1.54, 1.807) is 30.2 Å². The van der Waals surface area contributed by atoms with E-state index in [1.807, 2.05) is 0 Å². The van der Waals surface area contributed by atoms with Crippen molar-refractivity contribution in [2.24, 2.45) is 0 Å². The van der Waals surface area contributed by atoms with Gasteiger partial charge in [0.2, 0.25) is 5.95 Å². The summed E-state index contributed by atoms with van der Waals surface area (Å²) < 4.78 is 14.5. The number of nitrogens with two attached hydrogens (primary N) is 1. The Morgan fingerprint density at radius 2 is 2.08 bits per heavy atom. The van der Waals surface area contributed by atoms with Crippen LogP contribution in [0.5, 0.6) is 0 Å². The number of para-hydroxylation sites is 1. The van der Waals surface area contributed by atoms with Crippen LogP contribution in [-0.4, -0.2) is 35.1 Å². The van der Waals surface area contributed by atoms with Crippen LogP contribution >= 0.6 is 0 Å². The van der Waals surface area contributed by atoms with Gasteiger partial charge in [-0.25, -0.2) is 14.2 Å². The third-order valence-corrected chi connectivity index (χ3v) is 4.99. The molecule has 1 aromatic carbocycles. The van der Waals surface area contributed by atoms with Crippen LogP contribution in [0.25, 0.3) is 0 Å². The number of benzene rings is 1. The van der Waals surface area contributed by atoms with Crippen molar-refractivity contribution in [2.45, 2.75) is 32.4 Å². The number of hydrogen-bond acceptors (Lipinski definition) is 5. The first-order chi connectivity index (χ1) is 12.6. The van der Waals surface area contributed by atoms with Crippen molar-refractivity contribution >= 4 is 23.5 Å². The molecule has 0 atom stereocenters. The molecule has 136 valence electrons. The summed E-state index contributed by atoms with van der Waals surface area (Å²) >= 11 is 0. The van der Waals surface area contributed by atoms with E-state index in [-0.39, 0.29) is 24.6 Å². The molecular formula is C18H21FN6O. The van der Waals surface area contributed by atoms with E-state index in [0.29, 0.717) is 17.1 Å². The lowest BCUT2D eigenvalue weighted by atomic mass is 10.0. The number of hydrogen-bond donors (Lipinski definition) is 2. The second kappa shape index (κ2) is 6.53. The molecule has 4 rings (SSSR count). The molecule has 0 spiro atoms. The molecule has 2 aliphatic rings. The highest BCUT2D eigenvalue weighted by Gasteiger charge is 2.38. The van der Waals surface area contributed by atoms with Crippen LogP contribution in [0.15, 0.2) is 24.4 Å². The Hall–Kier alpha value is -2.74. The predicted octanol–water partition coefficient (Wildman–Crippen LogP) is 2.20. The van der Waals surface area contributed by atoms with Gasteiger partial charge < -0.3 is 11.1 Å². The molecule has 8 heteroatoms. The lowest BCUT2D eigenvalue weighted by Crippen LogP contribution is -2.55. The van der Waals surface area contributed by atoms with E-state index in [2.05, 4.69) is 15.3 Å². The fraction of sp³-hybridized carbons (Fsp3) is 0.389. The Balaban J connectivity index is 1.82. The van der Waals surface area contributed by atoms with E-state index >= 15 is 0 Å². The second-order valence-corrected chi connectivity index (χ2v) is 6.70. The van der Waals surface area contributed by atoms with Gasteiger partial charge >= 0.3 is 6.03 Å². The number of piperidine rings is 1. The summed E-state index contributed by atoms with van der Waals surface area (Å²) in [6.07, 6.45) is 3.24. The highest BCUT2D eigenvalue weighted by Crippen LogP contribution is 2.35. The van der Waals surface area contributed by atoms with Crippen molar-refractivity contribution in [3.63, 3.8) is 0 Å². The lowest BCUT2D eigenvalue weighted by Gasteiger charge is -2.41. The number of nitrogens with one attached hydrogen (secondary N) is 1. The SMILES string of the molecule is Cc1cccc(F)c1N1Cc2cnc(N)nc2N(C2CCNCC2)C1=O. The molecule has 0 radical (unpaired) electrons. The number of halogens is 1. The number of nitrogen functional groups attached to an aromatic ring is 1. The third-order valence-electron chi connectivity index (χ3n) is 4.99. The van der Waals surface area contributed by atoms with Gasteiger partial charge in [-0.1, -0.05) is 12.1 Å². The molecule has 2 aromatic rings. The van der Waals surface area contributed by atoms with Gasteiger partial charge in [-0.05, 0) is 44.5 Å². The van der Waals surface area contributed by atoms with Gasteiger partial charge in [-0.2, -0.15) is 4.98 Å². The van der Waals surface area contributed by atoms with Gasteiger partial charge in [0.25, 0.3) is 0 Å². The first-order valence-corrected chi connectivity index (χ1v) is 8.74. The van der Waals surface area contributed by atoms with Crippen LogP contribution in [0.4, 0.5) is 26.6 Å². The molecular weight excluding hydrogens is 335 g/mol. The first-order valence-electron chi connectivity index (χ1n) is 8.74. The fourth-order valence-corrected chi connectivity index (χ4v) is 3.72. The van der Waals surface area contributed by atoms with Crippen molar-refractivity contribution in [1.82, 2.24) is 15.3 Å². The molecule has 26 heavy (non-hydrogen) atoms. The summed E-state index contributed by atoms with van der Waals surface area (Å²) in [4.78, 5) is 24.9. The number of carbonyl (C=O) groups excluding carboxylic acids is 1. The number of anilines is 3. The molecule has 0 bridgehead atoms. The van der Waals surface area contributed by atoms with Gasteiger partial charge in [-0.15, -0.1) is 0 Å². The number of urea groups is 1. The summed E-state index contributed by atoms with van der Waals surface area (Å²) in [7, 11) is 0. The lowest BCUT2D eigenvalue weighted by molar-refractivity contribution is 0.245. The first kappa shape index (κ1) is 16.7. The molecule has 1 aromatic heterocycles. The summed E-state index contributed by atoms with van der Waals surface area (Å²) in [5.41, 5.74) is 7.55. The van der Waals surface area contributed by atoms with Gasteiger partial charge in [0, 0.05) is 17.8 Å². The summed E-state index contributed by atoms with van der Waals surface area (Å²) in [6, 6.07) is 4.54. The Labute approximate surface area is 151 Å². The maximum Gasteiger partial charge on any atom is 0.330 e. The third kappa shape index (κ3) is 2.76. The van der Waals surface area contributed by atoms with E-state index in [0.717, 1.165) is 31.5 Å². The Kier molecular flexibility index (Phi) is 4.20. The number of amides is 2. The molecule has 1 fully saturated rings. The molecule has 2 amide bonds. The van der Waals surface area contributed by atoms with Crippen LogP contribution < -0.4 is 20.9 Å². The van der Waals surface area contributed by atoms with Gasteiger partial charge in [0.1, 0.15) is 11.6 Å². The van der Waals surface area contributed by atoms with E-state index in [4.69, 9.17) is 5.73 Å². The topological polar surface area (TPSA) is 87.4 Å². The van der Waals surface area contributed by atoms with Crippen molar-refractivity contribution in [3.8, 4) is 0 Å². The van der Waals surface area contributed by atoms with Crippen LogP contribution in [0.3, 0.4) is 0 Å². The highest BCUT2D eigenvalue weighted by molar-refractivity contribution is 6.06. The van der Waals surface area contributed by atoms with Gasteiger partial charge in [-0.3, -0.25) is 9.80 Å². The van der Waals surface area contributed by atoms with Gasteiger partial charge in [0.05, 0.1) is 12.2 Å². The molecule has 0 aliphatic carbocycles. The summed E-state index contributed by atoms with van der Waals surface area (Å²) in [6.45, 7) is 3.67. The standard InChI is InChI=1S/C18H21FN6O/c1-11-3-2-4-14(19)15(11)24-10-12-9-22-17(20)23-16(12)25(18(24)26)13-5-7-21-8-6-13/h2-4,9,13,21H,5-8,10H2,1H3,(H2,20,22,23). The Morgan fingerprint density at radius 1 is 1.31 bits per heavy atom. The van der Waals surface area contributed by atoms with E-state index < -0.39 is 5.82 Å². The minimum Gasteiger partial charge on any atom is -0.368 e. The number of aromatic nitrogens is 2. The molecule has 0 saturated carbocycles. The molecule has 3 N–H and O–H groups in total. The van der Waals surface area contributed by atoms with Crippen molar-refractivity contribution in [2.75, 3.05) is 28.6 Å². The number of carbonyl (C=O) groups is 1. The fourth-order valence-electron chi connectivity index (χ4n) is 3.72. The molecule has 1 saturated heterocycles. The minimum absolute atomic E-state index is 0.00770. The zero-order chi connectivity index (χ0) is 18.3. The summed E-state index contributed by atoms with van der Waals surface area (Å²) in [5.74, 6) is 0.258. The van der Waals surface area contributed by atoms with Crippen LogP contribution in [0, 0.1) is 12.7 Å². The number of fused-ring (bicyclic) bond motifs is 1. The monoisotopic (exact) mass is 356 g/mol. The smallest absolute Gasteiger partial charge is 0.330 e. The summed E-state index contributed by atoms with van der Waals surface area (Å²) in [5, 5.41) is 3.30. The Morgan fingerprint density at radius 3 is 2.81 bits per heavy atom. The number of aryl methyl sites for hydroxylation is 1. The number of nitrogens with zero attached hydrogens (tertiary/aromatic N) is 4. The highest BCUT2D eigenvalue weighted by atomic mass is 19.1. The normalized spacial score (nSPS) is 18.2. The molecule has 3 heterocycles. The second-order valence-electron chi connectivity index (χ2n) is 6.70. The van der Waals surface area contributed by atoms with Crippen molar-refractivity contribution < 1.29 is 9.18 Å². The van der Waals surface area contributed by atoms with Gasteiger partial charge in [0.15, 0.2) is 0 Å². The van der Waals surface area contributed by atoms with Crippen LogP contribution in [0.2, 0.25) is 0 Å². The predicted molar refractivity (Wildman–Crippen MR) is 97.5 cm³/mol. The van der Waals surface area contributed by atoms with Crippen molar-refractivity contribution in [1.29, 1.82) is 0 Å². The zero-order valence-corrected chi connectivity index (χ0v) is 14.6. The average molecular weight is 356 g/mol. The van der Waals surface area contributed by atoms with E-state index in [9.17, 15) is 9.18 Å². The number of rotatable bonds is 2. The van der Waals surface area contributed by atoms with E-state index in [1.165, 1.54) is 11.0 Å². The van der Waals surface area contributed by atoms with Crippen molar-refractivity contribution in [3.05, 3.63) is 41.3 Å². The van der Waals surface area contributed by atoms with Crippen LogP contribution in [0.1, 0.15) is 24.0 Å². The maximum atomic E-state index is 14.5. The average Bonchev–Trinajstić information content (AvgIpc) is 2.63. The van der Waals surface area contributed by atoms with Crippen LogP contribution in [-0.2, 0) is 6.54 Å². The zero-order valence-electron chi connectivity index (χ0n) is 14.6. The minimum atomic E-state index is -0.413. The Bertz CT molecular complexity index is 831.